The van der Waals surface area contributed by atoms with Crippen LogP contribution in [0.2, 0.25) is 0 Å². The molecule has 0 aromatic heterocycles. The highest BCUT2D eigenvalue weighted by Gasteiger charge is 2.49. The lowest BCUT2D eigenvalue weighted by atomic mass is 9.77. The highest BCUT2D eigenvalue weighted by molar-refractivity contribution is 5.73. The minimum Gasteiger partial charge on any atom is -0.484 e. The Labute approximate surface area is 215 Å². The highest BCUT2D eigenvalue weighted by Crippen LogP contribution is 2.47. The van der Waals surface area contributed by atoms with E-state index in [9.17, 15) is 20.0 Å². The summed E-state index contributed by atoms with van der Waals surface area (Å²) in [6.45, 7) is 4.95. The Bertz CT molecular complexity index is 836. The van der Waals surface area contributed by atoms with Crippen molar-refractivity contribution in [2.75, 3.05) is 12.3 Å². The number of aliphatic hydroxyl groups excluding tert-OH is 1. The van der Waals surface area contributed by atoms with Crippen molar-refractivity contribution in [1.29, 1.82) is 0 Å². The molecule has 9 heteroatoms. The van der Waals surface area contributed by atoms with Crippen molar-refractivity contribution in [3.8, 4) is 5.75 Å². The molecule has 0 aliphatic carbocycles. The monoisotopic (exact) mass is 506 g/mol. The fourth-order valence-corrected chi connectivity index (χ4v) is 5.15. The van der Waals surface area contributed by atoms with Gasteiger partial charge in [0.25, 0.3) is 5.69 Å². The molecule has 1 aromatic rings. The SMILES string of the molecule is CCCCCCC1(CCCCCC)Oc2cc([N+](=O)[O-])c(N)cc2C(NCCCCCC(N)=O)C1O. The molecule has 0 radical (unpaired) electrons. The van der Waals surface area contributed by atoms with Gasteiger partial charge < -0.3 is 26.6 Å². The van der Waals surface area contributed by atoms with Gasteiger partial charge in [-0.15, -0.1) is 0 Å². The van der Waals surface area contributed by atoms with Crippen LogP contribution in [-0.2, 0) is 4.79 Å². The van der Waals surface area contributed by atoms with Crippen LogP contribution in [0.15, 0.2) is 12.1 Å². The number of rotatable bonds is 18. The summed E-state index contributed by atoms with van der Waals surface area (Å²) in [7, 11) is 0. The van der Waals surface area contributed by atoms with Crippen molar-refractivity contribution in [2.24, 2.45) is 5.73 Å². The number of aliphatic hydroxyl groups is 1. The summed E-state index contributed by atoms with van der Waals surface area (Å²) in [5, 5.41) is 26.8. The topological polar surface area (TPSA) is 154 Å². The number of unbranched alkanes of at least 4 members (excludes halogenated alkanes) is 8. The van der Waals surface area contributed by atoms with E-state index in [1.165, 1.54) is 6.07 Å². The first kappa shape index (κ1) is 29.8. The van der Waals surface area contributed by atoms with Gasteiger partial charge >= 0.3 is 0 Å². The van der Waals surface area contributed by atoms with Gasteiger partial charge in [-0.3, -0.25) is 14.9 Å². The Morgan fingerprint density at radius 1 is 1.06 bits per heavy atom. The van der Waals surface area contributed by atoms with Crippen LogP contribution >= 0.6 is 0 Å². The Hall–Kier alpha value is -2.39. The summed E-state index contributed by atoms with van der Waals surface area (Å²) in [5.41, 5.74) is 11.0. The molecule has 1 heterocycles. The number of nitro benzene ring substituents is 1. The molecule has 6 N–H and O–H groups in total. The summed E-state index contributed by atoms with van der Waals surface area (Å²) in [5.74, 6) is 0.128. The average molecular weight is 507 g/mol. The summed E-state index contributed by atoms with van der Waals surface area (Å²) in [6.07, 6.45) is 11.7. The Kier molecular flexibility index (Phi) is 12.4. The molecule has 2 atom stereocenters. The maximum atomic E-state index is 11.8. The standard InChI is InChI=1S/C27H46N4O5/c1-3-5-7-11-15-27(16-12-8-6-4-2)26(33)25(30-17-13-9-10-14-24(29)32)20-18-21(28)22(31(34)35)19-23(20)36-27/h18-19,25-26,30,33H,3-17,28H2,1-2H3,(H2,29,32). The fourth-order valence-electron chi connectivity index (χ4n) is 5.15. The first-order valence-electron chi connectivity index (χ1n) is 13.7. The van der Waals surface area contributed by atoms with E-state index < -0.39 is 22.7 Å². The van der Waals surface area contributed by atoms with Crippen LogP contribution in [0, 0.1) is 10.1 Å². The number of carbonyl (C=O) groups is 1. The third kappa shape index (κ3) is 8.34. The van der Waals surface area contributed by atoms with Crippen LogP contribution < -0.4 is 21.5 Å². The minimum absolute atomic E-state index is 0.0567. The number of fused-ring (bicyclic) bond motifs is 1. The number of benzene rings is 1. The number of nitrogens with two attached hydrogens (primary N) is 2. The number of amides is 1. The maximum Gasteiger partial charge on any atom is 0.295 e. The maximum absolute atomic E-state index is 11.8. The van der Waals surface area contributed by atoms with Gasteiger partial charge in [0, 0.05) is 12.0 Å². The average Bonchev–Trinajstić information content (AvgIpc) is 2.83. The second-order valence-corrected chi connectivity index (χ2v) is 10.1. The predicted molar refractivity (Wildman–Crippen MR) is 143 cm³/mol. The number of hydrogen-bond donors (Lipinski definition) is 4. The second kappa shape index (κ2) is 15.0. The molecule has 204 valence electrons. The Morgan fingerprint density at radius 2 is 1.67 bits per heavy atom. The number of hydrogen-bond acceptors (Lipinski definition) is 7. The van der Waals surface area contributed by atoms with Gasteiger partial charge in [0.1, 0.15) is 23.1 Å². The van der Waals surface area contributed by atoms with E-state index in [1.807, 2.05) is 0 Å². The fraction of sp³-hybridized carbons (Fsp3) is 0.741. The van der Waals surface area contributed by atoms with E-state index in [1.54, 1.807) is 6.07 Å². The van der Waals surface area contributed by atoms with Gasteiger partial charge in [-0.25, -0.2) is 0 Å². The number of primary amides is 1. The first-order valence-corrected chi connectivity index (χ1v) is 13.7. The molecule has 0 saturated heterocycles. The lowest BCUT2D eigenvalue weighted by Crippen LogP contribution is -2.56. The quantitative estimate of drug-likeness (QED) is 0.0913. The predicted octanol–water partition coefficient (Wildman–Crippen LogP) is 5.29. The summed E-state index contributed by atoms with van der Waals surface area (Å²) < 4.78 is 6.54. The normalized spacial score (nSPS) is 18.4. The van der Waals surface area contributed by atoms with E-state index in [-0.39, 0.29) is 17.3 Å². The third-order valence-electron chi connectivity index (χ3n) is 7.23. The molecular formula is C27H46N4O5. The van der Waals surface area contributed by atoms with Gasteiger partial charge in [-0.1, -0.05) is 58.8 Å². The molecule has 2 rings (SSSR count). The van der Waals surface area contributed by atoms with E-state index >= 15 is 0 Å². The van der Waals surface area contributed by atoms with Gasteiger partial charge in [0.15, 0.2) is 0 Å². The Balaban J connectivity index is 2.32. The number of carbonyl (C=O) groups excluding carboxylic acids is 1. The number of nitrogens with zero attached hydrogens (tertiary/aromatic N) is 1. The molecule has 2 unspecified atom stereocenters. The van der Waals surface area contributed by atoms with Crippen LogP contribution in [0.5, 0.6) is 5.75 Å². The van der Waals surface area contributed by atoms with E-state index in [0.717, 1.165) is 70.6 Å². The van der Waals surface area contributed by atoms with Crippen molar-refractivity contribution in [3.05, 3.63) is 27.8 Å². The number of nitro groups is 1. The highest BCUT2D eigenvalue weighted by atomic mass is 16.6. The van der Waals surface area contributed by atoms with Crippen molar-refractivity contribution in [1.82, 2.24) is 5.32 Å². The van der Waals surface area contributed by atoms with Crippen molar-refractivity contribution in [3.63, 3.8) is 0 Å². The molecule has 0 saturated carbocycles. The molecule has 0 spiro atoms. The largest absolute Gasteiger partial charge is 0.484 e. The van der Waals surface area contributed by atoms with Crippen LogP contribution in [0.25, 0.3) is 0 Å². The summed E-state index contributed by atoms with van der Waals surface area (Å²) in [6, 6.07) is 2.54. The minimum atomic E-state index is -0.820. The Morgan fingerprint density at radius 3 is 2.22 bits per heavy atom. The molecular weight excluding hydrogens is 460 g/mol. The lowest BCUT2D eigenvalue weighted by molar-refractivity contribution is -0.384. The molecule has 9 nitrogen and oxygen atoms in total. The molecule has 0 bridgehead atoms. The van der Waals surface area contributed by atoms with Crippen LogP contribution in [-0.4, -0.2) is 34.2 Å². The molecule has 1 amide bonds. The van der Waals surface area contributed by atoms with Gasteiger partial charge in [-0.05, 0) is 51.1 Å². The van der Waals surface area contributed by atoms with Crippen LogP contribution in [0.1, 0.15) is 115 Å². The van der Waals surface area contributed by atoms with Gasteiger partial charge in [-0.2, -0.15) is 0 Å². The van der Waals surface area contributed by atoms with E-state index in [2.05, 4.69) is 19.2 Å². The summed E-state index contributed by atoms with van der Waals surface area (Å²) >= 11 is 0. The lowest BCUT2D eigenvalue weighted by Gasteiger charge is -2.47. The van der Waals surface area contributed by atoms with Crippen molar-refractivity contribution in [2.45, 2.75) is 121 Å². The van der Waals surface area contributed by atoms with Crippen molar-refractivity contribution >= 4 is 17.3 Å². The van der Waals surface area contributed by atoms with Gasteiger partial charge in [0.2, 0.25) is 5.91 Å². The van der Waals surface area contributed by atoms with Crippen LogP contribution in [0.3, 0.4) is 0 Å². The molecule has 1 aromatic carbocycles. The zero-order valence-electron chi connectivity index (χ0n) is 22.1. The second-order valence-electron chi connectivity index (χ2n) is 10.1. The zero-order valence-corrected chi connectivity index (χ0v) is 22.1. The van der Waals surface area contributed by atoms with E-state index in [4.69, 9.17) is 16.2 Å². The molecule has 36 heavy (non-hydrogen) atoms. The third-order valence-corrected chi connectivity index (χ3v) is 7.23. The number of nitrogen functional groups attached to an aromatic ring is 1. The number of ether oxygens (including phenoxy) is 1. The smallest absolute Gasteiger partial charge is 0.295 e. The van der Waals surface area contributed by atoms with E-state index in [0.29, 0.717) is 37.1 Å². The van der Waals surface area contributed by atoms with Gasteiger partial charge in [0.05, 0.1) is 17.0 Å². The zero-order chi connectivity index (χ0) is 26.6. The summed E-state index contributed by atoms with van der Waals surface area (Å²) in [4.78, 5) is 22.1. The molecule has 1 aliphatic rings. The molecule has 1 aliphatic heterocycles. The number of anilines is 1. The first-order chi connectivity index (χ1) is 17.3. The van der Waals surface area contributed by atoms with Crippen LogP contribution in [0.4, 0.5) is 11.4 Å². The molecule has 0 fully saturated rings. The van der Waals surface area contributed by atoms with Crippen molar-refractivity contribution < 1.29 is 19.6 Å². The number of nitrogens with one attached hydrogen (secondary N) is 1.